The van der Waals surface area contributed by atoms with E-state index in [4.69, 9.17) is 0 Å². The van der Waals surface area contributed by atoms with Crippen LogP contribution in [0.3, 0.4) is 0 Å². The average Bonchev–Trinajstić information content (AvgIpc) is 2.32. The first-order valence-corrected chi connectivity index (χ1v) is 6.60. The molecule has 2 rings (SSSR count). The molecule has 0 radical (unpaired) electrons. The summed E-state index contributed by atoms with van der Waals surface area (Å²) in [5.41, 5.74) is 5.76. The van der Waals surface area contributed by atoms with Crippen molar-refractivity contribution in [3.63, 3.8) is 0 Å². The lowest BCUT2D eigenvalue weighted by molar-refractivity contribution is 0.471. The van der Waals surface area contributed by atoms with Crippen LogP contribution in [0.4, 0.5) is 5.69 Å². The van der Waals surface area contributed by atoms with Gasteiger partial charge in [0.25, 0.3) is 0 Å². The Balaban J connectivity index is 2.20. The Hall–Kier alpha value is -1.96. The maximum absolute atomic E-state index is 9.54. The van der Waals surface area contributed by atoms with E-state index in [0.717, 1.165) is 11.3 Å². The third kappa shape index (κ3) is 3.28. The predicted molar refractivity (Wildman–Crippen MR) is 80.8 cm³/mol. The smallest absolute Gasteiger partial charge is 0.118 e. The SMILES string of the molecule is Cc1cc(C)cc(C(C)Nc2ccc(O)c(C)c2)c1. The largest absolute Gasteiger partial charge is 0.508 e. The van der Waals surface area contributed by atoms with E-state index in [-0.39, 0.29) is 6.04 Å². The number of hydrogen-bond acceptors (Lipinski definition) is 2. The molecule has 0 saturated heterocycles. The zero-order valence-corrected chi connectivity index (χ0v) is 12.0. The van der Waals surface area contributed by atoms with Crippen LogP contribution >= 0.6 is 0 Å². The number of phenols is 1. The van der Waals surface area contributed by atoms with E-state index in [1.54, 1.807) is 6.07 Å². The van der Waals surface area contributed by atoms with Gasteiger partial charge in [-0.25, -0.2) is 0 Å². The van der Waals surface area contributed by atoms with Gasteiger partial charge in [0.1, 0.15) is 5.75 Å². The molecule has 19 heavy (non-hydrogen) atoms. The molecule has 0 fully saturated rings. The summed E-state index contributed by atoms with van der Waals surface area (Å²) in [4.78, 5) is 0. The van der Waals surface area contributed by atoms with Crippen molar-refractivity contribution < 1.29 is 5.11 Å². The molecule has 0 heterocycles. The number of hydrogen-bond donors (Lipinski definition) is 2. The van der Waals surface area contributed by atoms with Gasteiger partial charge in [0.2, 0.25) is 0 Å². The lowest BCUT2D eigenvalue weighted by Gasteiger charge is -2.17. The van der Waals surface area contributed by atoms with Crippen LogP contribution in [0.25, 0.3) is 0 Å². The highest BCUT2D eigenvalue weighted by molar-refractivity contribution is 5.51. The lowest BCUT2D eigenvalue weighted by atomic mass is 10.0. The van der Waals surface area contributed by atoms with Crippen molar-refractivity contribution in [3.8, 4) is 5.75 Å². The maximum atomic E-state index is 9.54. The minimum absolute atomic E-state index is 0.238. The Bertz CT molecular complexity index is 570. The summed E-state index contributed by atoms with van der Waals surface area (Å²) in [6.07, 6.45) is 0. The van der Waals surface area contributed by atoms with Gasteiger partial charge in [-0.15, -0.1) is 0 Å². The average molecular weight is 255 g/mol. The van der Waals surface area contributed by atoms with Crippen LogP contribution in [0.2, 0.25) is 0 Å². The van der Waals surface area contributed by atoms with E-state index in [1.807, 2.05) is 19.1 Å². The van der Waals surface area contributed by atoms with Crippen molar-refractivity contribution in [2.75, 3.05) is 5.32 Å². The summed E-state index contributed by atoms with van der Waals surface area (Å²) in [5.74, 6) is 0.338. The molecule has 1 atom stereocenters. The number of anilines is 1. The number of aryl methyl sites for hydroxylation is 3. The highest BCUT2D eigenvalue weighted by Gasteiger charge is 2.07. The van der Waals surface area contributed by atoms with Crippen LogP contribution in [0.15, 0.2) is 36.4 Å². The van der Waals surface area contributed by atoms with E-state index in [1.165, 1.54) is 16.7 Å². The van der Waals surface area contributed by atoms with Crippen LogP contribution in [0, 0.1) is 20.8 Å². The summed E-state index contributed by atoms with van der Waals surface area (Å²) in [7, 11) is 0. The molecule has 2 heteroatoms. The molecule has 0 aliphatic carbocycles. The monoisotopic (exact) mass is 255 g/mol. The Morgan fingerprint density at radius 3 is 2.16 bits per heavy atom. The summed E-state index contributed by atoms with van der Waals surface area (Å²) < 4.78 is 0. The van der Waals surface area contributed by atoms with Crippen molar-refractivity contribution in [1.82, 2.24) is 0 Å². The fourth-order valence-corrected chi connectivity index (χ4v) is 2.34. The Labute approximate surface area is 115 Å². The second-order valence-corrected chi connectivity index (χ2v) is 5.29. The summed E-state index contributed by atoms with van der Waals surface area (Å²) in [5, 5.41) is 13.0. The van der Waals surface area contributed by atoms with Crippen molar-refractivity contribution in [1.29, 1.82) is 0 Å². The zero-order chi connectivity index (χ0) is 14.0. The van der Waals surface area contributed by atoms with E-state index < -0.39 is 0 Å². The van der Waals surface area contributed by atoms with E-state index in [9.17, 15) is 5.11 Å². The van der Waals surface area contributed by atoms with Gasteiger partial charge in [-0.2, -0.15) is 0 Å². The minimum atomic E-state index is 0.238. The molecule has 1 unspecified atom stereocenters. The second-order valence-electron chi connectivity index (χ2n) is 5.29. The first-order valence-electron chi connectivity index (χ1n) is 6.60. The van der Waals surface area contributed by atoms with Gasteiger partial charge >= 0.3 is 0 Å². The van der Waals surface area contributed by atoms with E-state index in [2.05, 4.69) is 44.3 Å². The molecule has 0 spiro atoms. The topological polar surface area (TPSA) is 32.3 Å². The van der Waals surface area contributed by atoms with E-state index in [0.29, 0.717) is 5.75 Å². The highest BCUT2D eigenvalue weighted by Crippen LogP contribution is 2.25. The Morgan fingerprint density at radius 1 is 0.947 bits per heavy atom. The molecule has 0 amide bonds. The lowest BCUT2D eigenvalue weighted by Crippen LogP contribution is -2.07. The fraction of sp³-hybridized carbons (Fsp3) is 0.294. The number of aromatic hydroxyl groups is 1. The third-order valence-electron chi connectivity index (χ3n) is 3.32. The molecule has 0 aromatic heterocycles. The molecular formula is C17H21NO. The molecule has 0 bridgehead atoms. The Morgan fingerprint density at radius 2 is 1.58 bits per heavy atom. The van der Waals surface area contributed by atoms with Crippen molar-refractivity contribution in [2.24, 2.45) is 0 Å². The summed E-state index contributed by atoms with van der Waals surface area (Å²) in [6.45, 7) is 8.29. The molecule has 0 aliphatic rings. The van der Waals surface area contributed by atoms with Gasteiger partial charge in [0.05, 0.1) is 0 Å². The Kier molecular flexibility index (Phi) is 3.79. The zero-order valence-electron chi connectivity index (χ0n) is 12.0. The first-order chi connectivity index (χ1) is 8.95. The van der Waals surface area contributed by atoms with Crippen LogP contribution in [-0.2, 0) is 0 Å². The molecule has 0 aliphatic heterocycles. The van der Waals surface area contributed by atoms with Gasteiger partial charge in [-0.05, 0) is 57.0 Å². The van der Waals surface area contributed by atoms with Crippen molar-refractivity contribution in [3.05, 3.63) is 58.7 Å². The van der Waals surface area contributed by atoms with Gasteiger partial charge in [-0.1, -0.05) is 29.3 Å². The van der Waals surface area contributed by atoms with Gasteiger partial charge in [0, 0.05) is 11.7 Å². The van der Waals surface area contributed by atoms with Crippen LogP contribution in [-0.4, -0.2) is 5.11 Å². The highest BCUT2D eigenvalue weighted by atomic mass is 16.3. The number of rotatable bonds is 3. The summed E-state index contributed by atoms with van der Waals surface area (Å²) in [6, 6.07) is 12.4. The van der Waals surface area contributed by atoms with Crippen molar-refractivity contribution >= 4 is 5.69 Å². The molecule has 2 aromatic carbocycles. The van der Waals surface area contributed by atoms with Gasteiger partial charge < -0.3 is 10.4 Å². The third-order valence-corrected chi connectivity index (χ3v) is 3.32. The van der Waals surface area contributed by atoms with Gasteiger partial charge in [-0.3, -0.25) is 0 Å². The number of nitrogens with one attached hydrogen (secondary N) is 1. The standard InChI is InChI=1S/C17H21NO/c1-11-7-12(2)9-15(8-11)14(4)18-16-5-6-17(19)13(3)10-16/h5-10,14,18-19H,1-4H3. The molecule has 2 aromatic rings. The minimum Gasteiger partial charge on any atom is -0.508 e. The maximum Gasteiger partial charge on any atom is 0.118 e. The molecule has 2 N–H and O–H groups in total. The summed E-state index contributed by atoms with van der Waals surface area (Å²) >= 11 is 0. The number of benzene rings is 2. The second kappa shape index (κ2) is 5.35. The van der Waals surface area contributed by atoms with Crippen LogP contribution in [0.5, 0.6) is 5.75 Å². The normalized spacial score (nSPS) is 12.2. The molecule has 0 saturated carbocycles. The molecule has 2 nitrogen and oxygen atoms in total. The van der Waals surface area contributed by atoms with Crippen molar-refractivity contribution in [2.45, 2.75) is 33.7 Å². The van der Waals surface area contributed by atoms with Gasteiger partial charge in [0.15, 0.2) is 0 Å². The van der Waals surface area contributed by atoms with E-state index >= 15 is 0 Å². The molecule has 100 valence electrons. The van der Waals surface area contributed by atoms with Crippen LogP contribution in [0.1, 0.15) is 35.2 Å². The first kappa shape index (κ1) is 13.5. The fourth-order valence-electron chi connectivity index (χ4n) is 2.34. The quantitative estimate of drug-likeness (QED) is 0.792. The predicted octanol–water partition coefficient (Wildman–Crippen LogP) is 4.49. The molecular weight excluding hydrogens is 234 g/mol. The number of phenolic OH excluding ortho intramolecular Hbond substituents is 1. The van der Waals surface area contributed by atoms with Crippen LogP contribution < -0.4 is 5.32 Å².